The number of pyridine rings is 1. The molecule has 0 radical (unpaired) electrons. The molecule has 2 aromatic rings. The number of anilines is 1. The number of amides is 1. The Bertz CT molecular complexity index is 878. The van der Waals surface area contributed by atoms with Crippen molar-refractivity contribution in [3.05, 3.63) is 59.3 Å². The van der Waals surface area contributed by atoms with Crippen molar-refractivity contribution in [2.75, 3.05) is 11.9 Å². The van der Waals surface area contributed by atoms with Crippen molar-refractivity contribution in [3.8, 4) is 0 Å². The van der Waals surface area contributed by atoms with E-state index in [0.717, 1.165) is 42.9 Å². The number of aromatic nitrogens is 1. The molecule has 1 atom stereocenters. The van der Waals surface area contributed by atoms with Crippen molar-refractivity contribution in [2.45, 2.75) is 50.5 Å². The summed E-state index contributed by atoms with van der Waals surface area (Å²) in [5.74, 6) is -0.114. The van der Waals surface area contributed by atoms with Crippen molar-refractivity contribution < 1.29 is 13.6 Å². The molecule has 28 heavy (non-hydrogen) atoms. The Morgan fingerprint density at radius 1 is 1.25 bits per heavy atom. The summed E-state index contributed by atoms with van der Waals surface area (Å²) in [7, 11) is 0. The molecule has 1 unspecified atom stereocenters. The van der Waals surface area contributed by atoms with Gasteiger partial charge in [0, 0.05) is 19.0 Å². The molecule has 1 aromatic carbocycles. The van der Waals surface area contributed by atoms with Gasteiger partial charge in [0.05, 0.1) is 11.2 Å². The summed E-state index contributed by atoms with van der Waals surface area (Å²) in [4.78, 5) is 17.3. The van der Waals surface area contributed by atoms with Gasteiger partial charge >= 0.3 is 0 Å². The number of carbonyl (C=O) groups excluding carboxylic acids is 1. The first kappa shape index (κ1) is 18.8. The minimum absolute atomic E-state index is 0.143. The van der Waals surface area contributed by atoms with Gasteiger partial charge in [-0.05, 0) is 61.3 Å². The van der Waals surface area contributed by atoms with Gasteiger partial charge < -0.3 is 10.6 Å². The maximum Gasteiger partial charge on any atom is 0.221 e. The molecule has 0 saturated heterocycles. The third-order valence-electron chi connectivity index (χ3n) is 5.62. The maximum absolute atomic E-state index is 14.0. The quantitative estimate of drug-likeness (QED) is 0.704. The van der Waals surface area contributed by atoms with E-state index in [-0.39, 0.29) is 18.2 Å². The normalized spacial score (nSPS) is 18.4. The van der Waals surface area contributed by atoms with Crippen LogP contribution in [0.2, 0.25) is 0 Å². The molecule has 0 spiro atoms. The van der Waals surface area contributed by atoms with Crippen molar-refractivity contribution in [3.63, 3.8) is 0 Å². The van der Waals surface area contributed by atoms with E-state index < -0.39 is 17.2 Å². The van der Waals surface area contributed by atoms with E-state index in [1.807, 2.05) is 18.2 Å². The number of hydrogen-bond donors (Lipinski definition) is 2. The van der Waals surface area contributed by atoms with Gasteiger partial charge in [-0.2, -0.15) is 0 Å². The second kappa shape index (κ2) is 7.49. The first-order chi connectivity index (χ1) is 13.4. The highest BCUT2D eigenvalue weighted by atomic mass is 19.1. The Hall–Kier alpha value is -2.50. The molecule has 4 nitrogen and oxygen atoms in total. The molecule has 148 valence electrons. The van der Waals surface area contributed by atoms with Gasteiger partial charge in [-0.3, -0.25) is 4.79 Å². The van der Waals surface area contributed by atoms with Crippen LogP contribution < -0.4 is 10.6 Å². The molecule has 4 rings (SSSR count). The number of benzene rings is 1. The molecule has 2 fully saturated rings. The van der Waals surface area contributed by atoms with E-state index in [2.05, 4.69) is 10.6 Å². The highest BCUT2D eigenvalue weighted by molar-refractivity contribution is 5.78. The zero-order chi connectivity index (χ0) is 19.7. The lowest BCUT2D eigenvalue weighted by Crippen LogP contribution is -2.36. The molecule has 2 aliphatic rings. The molecule has 0 bridgehead atoms. The van der Waals surface area contributed by atoms with Crippen LogP contribution in [-0.2, 0) is 10.3 Å². The average molecular weight is 385 g/mol. The third kappa shape index (κ3) is 4.32. The fraction of sp³-hybridized carbons (Fsp3) is 0.455. The smallest absolute Gasteiger partial charge is 0.221 e. The van der Waals surface area contributed by atoms with Crippen LogP contribution in [0.25, 0.3) is 0 Å². The molecule has 6 heteroatoms. The Morgan fingerprint density at radius 2 is 2.04 bits per heavy atom. The first-order valence-corrected chi connectivity index (χ1v) is 9.92. The fourth-order valence-electron chi connectivity index (χ4n) is 3.55. The number of carbonyl (C=O) groups is 1. The molecule has 1 heterocycles. The number of rotatable bonds is 8. The SMILES string of the molecule is CC(CC(=O)NC1(c2cccc(NCC3CC3)n2)CC1)c1ccc(F)cc1F. The second-order valence-corrected chi connectivity index (χ2v) is 8.13. The standard InChI is InChI=1S/C22H25F2N3O/c1-14(17-8-7-16(23)12-18(17)24)11-21(28)27-22(9-10-22)19-3-2-4-20(26-19)25-13-15-5-6-15/h2-4,7-8,12,14-15H,5-6,9-11,13H2,1H3,(H,25,26)(H,27,28). The average Bonchev–Trinajstić information content (AvgIpc) is 3.56. The fourth-order valence-corrected chi connectivity index (χ4v) is 3.55. The molecule has 2 aliphatic carbocycles. The van der Waals surface area contributed by atoms with Gasteiger partial charge in [0.25, 0.3) is 0 Å². The van der Waals surface area contributed by atoms with Gasteiger partial charge in [-0.15, -0.1) is 0 Å². The summed E-state index contributed by atoms with van der Waals surface area (Å²) in [5.41, 5.74) is 0.795. The van der Waals surface area contributed by atoms with Crippen LogP contribution >= 0.6 is 0 Å². The van der Waals surface area contributed by atoms with Crippen LogP contribution in [0, 0.1) is 17.6 Å². The summed E-state index contributed by atoms with van der Waals surface area (Å²) in [6.45, 7) is 2.71. The number of hydrogen-bond acceptors (Lipinski definition) is 3. The highest BCUT2D eigenvalue weighted by Gasteiger charge is 2.47. The predicted molar refractivity (Wildman–Crippen MR) is 104 cm³/mol. The number of halogens is 2. The molecular formula is C22H25F2N3O. The van der Waals surface area contributed by atoms with Crippen LogP contribution in [0.4, 0.5) is 14.6 Å². The van der Waals surface area contributed by atoms with Crippen molar-refractivity contribution in [1.29, 1.82) is 0 Å². The lowest BCUT2D eigenvalue weighted by atomic mass is 9.96. The summed E-state index contributed by atoms with van der Waals surface area (Å²) < 4.78 is 27.1. The van der Waals surface area contributed by atoms with Gasteiger partial charge in [0.15, 0.2) is 0 Å². The zero-order valence-corrected chi connectivity index (χ0v) is 16.0. The second-order valence-electron chi connectivity index (χ2n) is 8.13. The molecule has 1 aromatic heterocycles. The molecular weight excluding hydrogens is 360 g/mol. The van der Waals surface area contributed by atoms with E-state index >= 15 is 0 Å². The largest absolute Gasteiger partial charge is 0.370 e. The van der Waals surface area contributed by atoms with Crippen LogP contribution in [0.3, 0.4) is 0 Å². The molecule has 2 saturated carbocycles. The number of nitrogens with zero attached hydrogens (tertiary/aromatic N) is 1. The van der Waals surface area contributed by atoms with Gasteiger partial charge in [0.1, 0.15) is 17.5 Å². The van der Waals surface area contributed by atoms with E-state index in [0.29, 0.717) is 5.56 Å². The first-order valence-electron chi connectivity index (χ1n) is 9.92. The minimum Gasteiger partial charge on any atom is -0.370 e. The van der Waals surface area contributed by atoms with Gasteiger partial charge in [-0.1, -0.05) is 19.1 Å². The van der Waals surface area contributed by atoms with E-state index in [1.165, 1.54) is 25.0 Å². The zero-order valence-electron chi connectivity index (χ0n) is 16.0. The van der Waals surface area contributed by atoms with Crippen molar-refractivity contribution in [2.24, 2.45) is 5.92 Å². The van der Waals surface area contributed by atoms with E-state index in [9.17, 15) is 13.6 Å². The van der Waals surface area contributed by atoms with Crippen molar-refractivity contribution >= 4 is 11.7 Å². The summed E-state index contributed by atoms with van der Waals surface area (Å²) in [6, 6.07) is 9.34. The third-order valence-corrected chi connectivity index (χ3v) is 5.62. The van der Waals surface area contributed by atoms with Crippen molar-refractivity contribution in [1.82, 2.24) is 10.3 Å². The Morgan fingerprint density at radius 3 is 2.71 bits per heavy atom. The number of nitrogens with one attached hydrogen (secondary N) is 2. The predicted octanol–water partition coefficient (Wildman–Crippen LogP) is 4.48. The topological polar surface area (TPSA) is 54.0 Å². The van der Waals surface area contributed by atoms with Crippen LogP contribution in [0.5, 0.6) is 0 Å². The Balaban J connectivity index is 1.39. The highest BCUT2D eigenvalue weighted by Crippen LogP contribution is 2.45. The molecule has 2 N–H and O–H groups in total. The van der Waals surface area contributed by atoms with E-state index in [1.54, 1.807) is 6.92 Å². The Kier molecular flexibility index (Phi) is 5.04. The van der Waals surface area contributed by atoms with Crippen LogP contribution in [0.15, 0.2) is 36.4 Å². The minimum atomic E-state index is -0.615. The summed E-state index contributed by atoms with van der Waals surface area (Å²) >= 11 is 0. The monoisotopic (exact) mass is 385 g/mol. The lowest BCUT2D eigenvalue weighted by Gasteiger charge is -2.20. The van der Waals surface area contributed by atoms with Gasteiger partial charge in [0.2, 0.25) is 5.91 Å². The van der Waals surface area contributed by atoms with Crippen LogP contribution in [0.1, 0.15) is 56.2 Å². The molecule has 1 amide bonds. The summed E-state index contributed by atoms with van der Waals surface area (Å²) in [5, 5.41) is 6.46. The van der Waals surface area contributed by atoms with E-state index in [4.69, 9.17) is 4.98 Å². The van der Waals surface area contributed by atoms with Gasteiger partial charge in [-0.25, -0.2) is 13.8 Å². The Labute approximate surface area is 163 Å². The maximum atomic E-state index is 14.0. The lowest BCUT2D eigenvalue weighted by molar-refractivity contribution is -0.122. The molecule has 0 aliphatic heterocycles. The van der Waals surface area contributed by atoms with Crippen LogP contribution in [-0.4, -0.2) is 17.4 Å². The summed E-state index contributed by atoms with van der Waals surface area (Å²) in [6.07, 6.45) is 4.39.